The lowest BCUT2D eigenvalue weighted by Crippen LogP contribution is -2.48. The van der Waals surface area contributed by atoms with Crippen molar-refractivity contribution in [3.63, 3.8) is 0 Å². The van der Waals surface area contributed by atoms with E-state index in [1.807, 2.05) is 0 Å². The lowest BCUT2D eigenvalue weighted by Gasteiger charge is -2.27. The van der Waals surface area contributed by atoms with Crippen LogP contribution in [0.1, 0.15) is 12.8 Å². The number of carbonyl (C=O) groups excluding carboxylic acids is 2. The molecular weight excluding hydrogens is 172 g/mol. The lowest BCUT2D eigenvalue weighted by molar-refractivity contribution is -0.127. The molecule has 1 N–H and O–H groups in total. The third-order valence-electron chi connectivity index (χ3n) is 2.42. The van der Waals surface area contributed by atoms with E-state index in [2.05, 4.69) is 10.1 Å². The van der Waals surface area contributed by atoms with Gasteiger partial charge >= 0.3 is 6.09 Å². The molecule has 0 unspecified atom stereocenters. The normalized spacial score (nSPS) is 29.2. The van der Waals surface area contributed by atoms with Crippen molar-refractivity contribution < 1.29 is 14.3 Å². The number of amides is 2. The van der Waals surface area contributed by atoms with Gasteiger partial charge in [0.1, 0.15) is 0 Å². The molecule has 0 aromatic rings. The van der Waals surface area contributed by atoms with E-state index >= 15 is 0 Å². The second kappa shape index (κ2) is 3.33. The summed E-state index contributed by atoms with van der Waals surface area (Å²) in [6, 6.07) is -0.00347. The van der Waals surface area contributed by atoms with Gasteiger partial charge in [0.25, 0.3) is 5.91 Å². The SMILES string of the molecule is O=C1COC(=O)N1[C@@H]1CCCNC1. The smallest absolute Gasteiger partial charge is 0.417 e. The summed E-state index contributed by atoms with van der Waals surface area (Å²) in [6.45, 7) is 1.57. The van der Waals surface area contributed by atoms with Crippen LogP contribution in [0, 0.1) is 0 Å². The van der Waals surface area contributed by atoms with Crippen LogP contribution in [0.3, 0.4) is 0 Å². The Kier molecular flexibility index (Phi) is 2.18. The van der Waals surface area contributed by atoms with Crippen molar-refractivity contribution in [1.29, 1.82) is 0 Å². The van der Waals surface area contributed by atoms with Crippen molar-refractivity contribution >= 4 is 12.0 Å². The molecule has 2 rings (SSSR count). The molecule has 0 aromatic heterocycles. The van der Waals surface area contributed by atoms with Gasteiger partial charge in [-0.2, -0.15) is 0 Å². The van der Waals surface area contributed by atoms with Gasteiger partial charge in [-0.1, -0.05) is 0 Å². The van der Waals surface area contributed by atoms with Gasteiger partial charge in [-0.25, -0.2) is 9.69 Å². The highest BCUT2D eigenvalue weighted by Gasteiger charge is 2.37. The monoisotopic (exact) mass is 184 g/mol. The van der Waals surface area contributed by atoms with E-state index in [-0.39, 0.29) is 18.6 Å². The van der Waals surface area contributed by atoms with Crippen LogP contribution in [-0.4, -0.2) is 42.6 Å². The molecule has 1 atom stereocenters. The fraction of sp³-hybridized carbons (Fsp3) is 0.750. The predicted octanol–water partition coefficient (Wildman–Crippen LogP) is -0.283. The highest BCUT2D eigenvalue weighted by Crippen LogP contribution is 2.15. The number of hydrogen-bond donors (Lipinski definition) is 1. The van der Waals surface area contributed by atoms with Gasteiger partial charge in [0.15, 0.2) is 6.61 Å². The van der Waals surface area contributed by atoms with Crippen LogP contribution in [0.25, 0.3) is 0 Å². The minimum Gasteiger partial charge on any atom is -0.439 e. The first-order valence-corrected chi connectivity index (χ1v) is 4.48. The number of imide groups is 1. The highest BCUT2D eigenvalue weighted by molar-refractivity contribution is 5.98. The first kappa shape index (κ1) is 8.50. The van der Waals surface area contributed by atoms with Crippen LogP contribution in [0.15, 0.2) is 0 Å². The largest absolute Gasteiger partial charge is 0.439 e. The minimum atomic E-state index is -0.487. The maximum atomic E-state index is 11.2. The molecule has 2 amide bonds. The summed E-state index contributed by atoms with van der Waals surface area (Å²) in [5.74, 6) is -0.210. The van der Waals surface area contributed by atoms with Gasteiger partial charge in [0.2, 0.25) is 0 Å². The fourth-order valence-electron chi connectivity index (χ4n) is 1.77. The first-order chi connectivity index (χ1) is 6.29. The molecule has 2 saturated heterocycles. The van der Waals surface area contributed by atoms with Gasteiger partial charge < -0.3 is 10.1 Å². The Morgan fingerprint density at radius 1 is 1.46 bits per heavy atom. The second-order valence-corrected chi connectivity index (χ2v) is 3.32. The number of nitrogens with one attached hydrogen (secondary N) is 1. The summed E-state index contributed by atoms with van der Waals surface area (Å²) >= 11 is 0. The standard InChI is InChI=1S/C8H12N2O3/c11-7-5-13-8(12)10(7)6-2-1-3-9-4-6/h6,9H,1-5H2/t6-/m1/s1. The fourth-order valence-corrected chi connectivity index (χ4v) is 1.77. The Morgan fingerprint density at radius 2 is 2.31 bits per heavy atom. The summed E-state index contributed by atoms with van der Waals surface area (Å²) in [4.78, 5) is 23.6. The zero-order chi connectivity index (χ0) is 9.26. The Hall–Kier alpha value is -1.10. The summed E-state index contributed by atoms with van der Waals surface area (Å²) < 4.78 is 4.64. The molecule has 0 saturated carbocycles. The Labute approximate surface area is 76.0 Å². The number of cyclic esters (lactones) is 1. The van der Waals surface area contributed by atoms with Crippen molar-refractivity contribution in [3.8, 4) is 0 Å². The van der Waals surface area contributed by atoms with Crippen molar-refractivity contribution in [1.82, 2.24) is 10.2 Å². The van der Waals surface area contributed by atoms with E-state index < -0.39 is 6.09 Å². The van der Waals surface area contributed by atoms with Crippen molar-refractivity contribution in [2.75, 3.05) is 19.7 Å². The minimum absolute atomic E-state index is 0.00347. The Morgan fingerprint density at radius 3 is 2.85 bits per heavy atom. The van der Waals surface area contributed by atoms with E-state index in [9.17, 15) is 9.59 Å². The van der Waals surface area contributed by atoms with Crippen molar-refractivity contribution in [3.05, 3.63) is 0 Å². The van der Waals surface area contributed by atoms with Gasteiger partial charge in [0, 0.05) is 6.54 Å². The van der Waals surface area contributed by atoms with E-state index in [4.69, 9.17) is 0 Å². The third kappa shape index (κ3) is 1.51. The maximum Gasteiger partial charge on any atom is 0.417 e. The second-order valence-electron chi connectivity index (χ2n) is 3.32. The molecule has 0 aromatic carbocycles. The number of ether oxygens (including phenoxy) is 1. The molecule has 2 aliphatic heterocycles. The van der Waals surface area contributed by atoms with Crippen LogP contribution in [0.2, 0.25) is 0 Å². The molecule has 0 spiro atoms. The molecule has 2 fully saturated rings. The molecule has 0 radical (unpaired) electrons. The third-order valence-corrected chi connectivity index (χ3v) is 2.42. The van der Waals surface area contributed by atoms with Gasteiger partial charge in [-0.05, 0) is 19.4 Å². The van der Waals surface area contributed by atoms with E-state index in [1.54, 1.807) is 0 Å². The maximum absolute atomic E-state index is 11.2. The molecule has 13 heavy (non-hydrogen) atoms. The molecular formula is C8H12N2O3. The number of rotatable bonds is 1. The number of hydrogen-bond acceptors (Lipinski definition) is 4. The molecule has 0 bridgehead atoms. The quantitative estimate of drug-likeness (QED) is 0.608. The van der Waals surface area contributed by atoms with Crippen molar-refractivity contribution in [2.24, 2.45) is 0 Å². The Bertz CT molecular complexity index is 220. The van der Waals surface area contributed by atoms with E-state index in [0.717, 1.165) is 19.4 Å². The average molecular weight is 184 g/mol. The first-order valence-electron chi connectivity index (χ1n) is 4.48. The highest BCUT2D eigenvalue weighted by atomic mass is 16.6. The van der Waals surface area contributed by atoms with Crippen LogP contribution in [0.4, 0.5) is 4.79 Å². The number of piperidine rings is 1. The summed E-state index contributed by atoms with van der Waals surface area (Å²) in [6.07, 6.45) is 1.40. The van der Waals surface area contributed by atoms with Gasteiger partial charge in [0.05, 0.1) is 6.04 Å². The summed E-state index contributed by atoms with van der Waals surface area (Å²) in [7, 11) is 0. The topological polar surface area (TPSA) is 58.6 Å². The number of carbonyl (C=O) groups is 2. The van der Waals surface area contributed by atoms with E-state index in [0.29, 0.717) is 6.54 Å². The van der Waals surface area contributed by atoms with Crippen LogP contribution in [0.5, 0.6) is 0 Å². The van der Waals surface area contributed by atoms with Crippen LogP contribution >= 0.6 is 0 Å². The van der Waals surface area contributed by atoms with Gasteiger partial charge in [-0.3, -0.25) is 4.79 Å². The summed E-state index contributed by atoms with van der Waals surface area (Å²) in [5.41, 5.74) is 0. The Balaban J connectivity index is 2.05. The number of nitrogens with zero attached hydrogens (tertiary/aromatic N) is 1. The van der Waals surface area contributed by atoms with Gasteiger partial charge in [-0.15, -0.1) is 0 Å². The van der Waals surface area contributed by atoms with Crippen molar-refractivity contribution in [2.45, 2.75) is 18.9 Å². The summed E-state index contributed by atoms with van der Waals surface area (Å²) in [5, 5.41) is 3.15. The molecule has 2 aliphatic rings. The van der Waals surface area contributed by atoms with E-state index in [1.165, 1.54) is 4.90 Å². The molecule has 72 valence electrons. The van der Waals surface area contributed by atoms with Crippen LogP contribution in [-0.2, 0) is 9.53 Å². The zero-order valence-electron chi connectivity index (χ0n) is 7.28. The zero-order valence-corrected chi connectivity index (χ0v) is 7.28. The predicted molar refractivity (Wildman–Crippen MR) is 44.1 cm³/mol. The molecule has 0 aliphatic carbocycles. The average Bonchev–Trinajstić information content (AvgIpc) is 2.48. The molecule has 5 heteroatoms. The molecule has 5 nitrogen and oxygen atoms in total. The lowest BCUT2D eigenvalue weighted by atomic mass is 10.1. The molecule has 2 heterocycles. The van der Waals surface area contributed by atoms with Crippen LogP contribution < -0.4 is 5.32 Å².